The number of rotatable bonds is 4. The molecular formula is C12H12F3N5O2. The average molecular weight is 315 g/mol. The molecule has 10 heteroatoms. The normalized spacial score (nSPS) is 11.5. The summed E-state index contributed by atoms with van der Waals surface area (Å²) in [6.45, 7) is 1.95. The third-order valence-corrected chi connectivity index (χ3v) is 2.81. The smallest absolute Gasteiger partial charge is 0.350 e. The summed E-state index contributed by atoms with van der Waals surface area (Å²) in [5.41, 5.74) is -2.07. The van der Waals surface area contributed by atoms with E-state index in [1.54, 1.807) is 6.92 Å². The van der Waals surface area contributed by atoms with Crippen molar-refractivity contribution in [2.45, 2.75) is 26.2 Å². The van der Waals surface area contributed by atoms with Crippen molar-refractivity contribution in [2.75, 3.05) is 5.32 Å². The van der Waals surface area contributed by atoms with Crippen molar-refractivity contribution >= 4 is 5.95 Å². The molecule has 22 heavy (non-hydrogen) atoms. The minimum Gasteiger partial charge on any atom is -0.350 e. The Balaban J connectivity index is 2.21. The van der Waals surface area contributed by atoms with E-state index in [0.29, 0.717) is 6.54 Å². The molecule has 0 amide bonds. The maximum absolute atomic E-state index is 12.5. The molecule has 0 atom stereocenters. The van der Waals surface area contributed by atoms with Crippen LogP contribution in [-0.4, -0.2) is 19.5 Å². The summed E-state index contributed by atoms with van der Waals surface area (Å²) in [6.07, 6.45) is -2.27. The molecule has 0 fully saturated rings. The van der Waals surface area contributed by atoms with Crippen LogP contribution in [0.2, 0.25) is 0 Å². The van der Waals surface area contributed by atoms with Crippen LogP contribution in [0.15, 0.2) is 28.0 Å². The van der Waals surface area contributed by atoms with Crippen molar-refractivity contribution < 1.29 is 13.2 Å². The van der Waals surface area contributed by atoms with E-state index in [9.17, 15) is 22.8 Å². The zero-order valence-corrected chi connectivity index (χ0v) is 11.4. The lowest BCUT2D eigenvalue weighted by Gasteiger charge is -2.09. The third-order valence-electron chi connectivity index (χ3n) is 2.81. The molecule has 0 spiro atoms. The number of nitrogens with zero attached hydrogens (tertiary/aromatic N) is 3. The molecule has 0 saturated heterocycles. The number of alkyl halides is 3. The molecule has 2 rings (SSSR count). The topological polar surface area (TPSA) is 92.7 Å². The summed E-state index contributed by atoms with van der Waals surface area (Å²) >= 11 is 0. The molecule has 2 aromatic rings. The quantitative estimate of drug-likeness (QED) is 0.877. The summed E-state index contributed by atoms with van der Waals surface area (Å²) in [7, 11) is 0. The van der Waals surface area contributed by atoms with Crippen molar-refractivity contribution in [1.29, 1.82) is 0 Å². The lowest BCUT2D eigenvalue weighted by Crippen LogP contribution is -2.32. The molecule has 0 saturated carbocycles. The Bertz CT molecular complexity index is 781. The first-order chi connectivity index (χ1) is 10.3. The standard InChI is InChI=1S/C12H12F3N5O2/c1-2-20-6-7(9(21)19-11(20)22)5-17-10-16-4-3-8(18-10)12(13,14)15/h3-4,6H,2,5H2,1H3,(H,16,17,18)(H,19,21,22). The molecule has 2 heterocycles. The predicted octanol–water partition coefficient (Wildman–Crippen LogP) is 0.977. The predicted molar refractivity (Wildman–Crippen MR) is 71.4 cm³/mol. The van der Waals surface area contributed by atoms with Crippen LogP contribution in [0.1, 0.15) is 18.2 Å². The van der Waals surface area contributed by atoms with E-state index in [0.717, 1.165) is 12.3 Å². The number of aromatic nitrogens is 4. The van der Waals surface area contributed by atoms with Crippen LogP contribution in [0.5, 0.6) is 0 Å². The number of anilines is 1. The second-order valence-corrected chi connectivity index (χ2v) is 4.32. The minimum absolute atomic E-state index is 0.114. The summed E-state index contributed by atoms with van der Waals surface area (Å²) < 4.78 is 38.9. The molecule has 2 aromatic heterocycles. The van der Waals surface area contributed by atoms with Gasteiger partial charge in [0.05, 0.1) is 5.56 Å². The second-order valence-electron chi connectivity index (χ2n) is 4.32. The molecule has 2 N–H and O–H groups in total. The van der Waals surface area contributed by atoms with Crippen LogP contribution >= 0.6 is 0 Å². The lowest BCUT2D eigenvalue weighted by atomic mass is 10.3. The molecular weight excluding hydrogens is 303 g/mol. The summed E-state index contributed by atoms with van der Waals surface area (Å²) in [5.74, 6) is -0.261. The Labute approximate surface area is 121 Å². The van der Waals surface area contributed by atoms with Crippen LogP contribution in [0, 0.1) is 0 Å². The van der Waals surface area contributed by atoms with E-state index in [4.69, 9.17) is 0 Å². The first-order valence-electron chi connectivity index (χ1n) is 6.28. The Kier molecular flexibility index (Phi) is 4.29. The van der Waals surface area contributed by atoms with Crippen LogP contribution in [0.25, 0.3) is 0 Å². The van der Waals surface area contributed by atoms with E-state index in [-0.39, 0.29) is 18.1 Å². The Morgan fingerprint density at radius 1 is 1.36 bits per heavy atom. The maximum atomic E-state index is 12.5. The highest BCUT2D eigenvalue weighted by atomic mass is 19.4. The third kappa shape index (κ3) is 3.51. The Morgan fingerprint density at radius 2 is 2.09 bits per heavy atom. The van der Waals surface area contributed by atoms with Crippen LogP contribution in [0.4, 0.5) is 19.1 Å². The Morgan fingerprint density at radius 3 is 2.73 bits per heavy atom. The fourth-order valence-corrected chi connectivity index (χ4v) is 1.69. The monoisotopic (exact) mass is 315 g/mol. The van der Waals surface area contributed by atoms with Gasteiger partial charge in [-0.3, -0.25) is 9.78 Å². The lowest BCUT2D eigenvalue weighted by molar-refractivity contribution is -0.141. The van der Waals surface area contributed by atoms with Crippen molar-refractivity contribution in [3.8, 4) is 0 Å². The molecule has 7 nitrogen and oxygen atoms in total. The maximum Gasteiger partial charge on any atom is 0.433 e. The number of H-pyrrole nitrogens is 1. The fourth-order valence-electron chi connectivity index (χ4n) is 1.69. The molecule has 0 aliphatic heterocycles. The zero-order chi connectivity index (χ0) is 16.3. The van der Waals surface area contributed by atoms with Crippen molar-refractivity contribution in [1.82, 2.24) is 19.5 Å². The highest BCUT2D eigenvalue weighted by molar-refractivity contribution is 5.27. The number of hydrogen-bond acceptors (Lipinski definition) is 5. The number of aromatic amines is 1. The van der Waals surface area contributed by atoms with E-state index in [2.05, 4.69) is 20.3 Å². The number of hydrogen-bond donors (Lipinski definition) is 2. The zero-order valence-electron chi connectivity index (χ0n) is 11.4. The molecule has 0 radical (unpaired) electrons. The van der Waals surface area contributed by atoms with Crippen LogP contribution < -0.4 is 16.6 Å². The van der Waals surface area contributed by atoms with E-state index >= 15 is 0 Å². The molecule has 0 aliphatic carbocycles. The number of aryl methyl sites for hydroxylation is 1. The molecule has 0 bridgehead atoms. The van der Waals surface area contributed by atoms with Crippen molar-refractivity contribution in [3.05, 3.63) is 50.6 Å². The highest BCUT2D eigenvalue weighted by Gasteiger charge is 2.32. The van der Waals surface area contributed by atoms with Gasteiger partial charge < -0.3 is 9.88 Å². The van der Waals surface area contributed by atoms with E-state index in [1.807, 2.05) is 0 Å². The first kappa shape index (κ1) is 15.7. The van der Waals surface area contributed by atoms with Gasteiger partial charge in [-0.25, -0.2) is 14.8 Å². The van der Waals surface area contributed by atoms with Gasteiger partial charge in [-0.2, -0.15) is 13.2 Å². The van der Waals surface area contributed by atoms with Crippen LogP contribution in [0.3, 0.4) is 0 Å². The van der Waals surface area contributed by atoms with Crippen molar-refractivity contribution in [3.63, 3.8) is 0 Å². The largest absolute Gasteiger partial charge is 0.433 e. The fraction of sp³-hybridized carbons (Fsp3) is 0.333. The molecule has 0 aromatic carbocycles. The Hall–Kier alpha value is -2.65. The minimum atomic E-state index is -4.58. The van der Waals surface area contributed by atoms with E-state index in [1.165, 1.54) is 10.8 Å². The second kappa shape index (κ2) is 6.00. The van der Waals surface area contributed by atoms with E-state index < -0.39 is 23.1 Å². The van der Waals surface area contributed by atoms with Gasteiger partial charge in [0.2, 0.25) is 5.95 Å². The molecule has 118 valence electrons. The van der Waals surface area contributed by atoms with Gasteiger partial charge in [0.15, 0.2) is 0 Å². The van der Waals surface area contributed by atoms with Gasteiger partial charge in [0.25, 0.3) is 5.56 Å². The van der Waals surface area contributed by atoms with Gasteiger partial charge in [-0.1, -0.05) is 0 Å². The van der Waals surface area contributed by atoms with Gasteiger partial charge >= 0.3 is 11.9 Å². The first-order valence-corrected chi connectivity index (χ1v) is 6.28. The molecule has 0 unspecified atom stereocenters. The SMILES string of the molecule is CCn1cc(CNc2nccc(C(F)(F)F)n2)c(=O)[nH]c1=O. The van der Waals surface area contributed by atoms with Gasteiger partial charge in [-0.15, -0.1) is 0 Å². The van der Waals surface area contributed by atoms with Gasteiger partial charge in [0.1, 0.15) is 5.69 Å². The van der Waals surface area contributed by atoms with Gasteiger partial charge in [-0.05, 0) is 13.0 Å². The summed E-state index contributed by atoms with van der Waals surface area (Å²) in [6, 6.07) is 0.745. The van der Waals surface area contributed by atoms with Gasteiger partial charge in [0, 0.05) is 25.5 Å². The summed E-state index contributed by atoms with van der Waals surface area (Å²) in [4.78, 5) is 32.1. The molecule has 0 aliphatic rings. The highest BCUT2D eigenvalue weighted by Crippen LogP contribution is 2.27. The average Bonchev–Trinajstić information content (AvgIpc) is 2.46. The van der Waals surface area contributed by atoms with Crippen molar-refractivity contribution in [2.24, 2.45) is 0 Å². The van der Waals surface area contributed by atoms with Crippen LogP contribution in [-0.2, 0) is 19.3 Å². The number of nitrogens with one attached hydrogen (secondary N) is 2. The summed E-state index contributed by atoms with van der Waals surface area (Å²) in [5, 5.41) is 2.53. The number of halogens is 3.